The topological polar surface area (TPSA) is 74.3 Å². The highest BCUT2D eigenvalue weighted by Gasteiger charge is 2.12. The lowest BCUT2D eigenvalue weighted by molar-refractivity contribution is -0.122. The SMILES string of the molecule is O=C(Cc1cccc(F)c1)NCCNC(=O)CN(Cc1cccnc1)c1ccccc1. The Hall–Kier alpha value is -3.74. The number of carbonyl (C=O) groups is 2. The Morgan fingerprint density at radius 3 is 2.32 bits per heavy atom. The van der Waals surface area contributed by atoms with Crippen LogP contribution in [-0.4, -0.2) is 36.4 Å². The number of hydrogen-bond donors (Lipinski definition) is 2. The van der Waals surface area contributed by atoms with Gasteiger partial charge in [0.2, 0.25) is 11.8 Å². The Morgan fingerprint density at radius 1 is 0.871 bits per heavy atom. The number of para-hydroxylation sites is 1. The molecule has 0 aliphatic rings. The van der Waals surface area contributed by atoms with Crippen molar-refractivity contribution >= 4 is 17.5 Å². The Morgan fingerprint density at radius 2 is 1.61 bits per heavy atom. The van der Waals surface area contributed by atoms with Crippen LogP contribution >= 0.6 is 0 Å². The fraction of sp³-hybridized carbons (Fsp3) is 0.208. The van der Waals surface area contributed by atoms with Gasteiger partial charge in [0, 0.05) is 37.7 Å². The van der Waals surface area contributed by atoms with Crippen molar-refractivity contribution in [2.24, 2.45) is 0 Å². The van der Waals surface area contributed by atoms with Crippen molar-refractivity contribution in [3.8, 4) is 0 Å². The van der Waals surface area contributed by atoms with Gasteiger partial charge in [-0.3, -0.25) is 14.6 Å². The number of halogens is 1. The summed E-state index contributed by atoms with van der Waals surface area (Å²) < 4.78 is 13.2. The Balaban J connectivity index is 1.45. The molecule has 2 aromatic carbocycles. The van der Waals surface area contributed by atoms with Crippen molar-refractivity contribution in [1.82, 2.24) is 15.6 Å². The number of nitrogens with zero attached hydrogens (tertiary/aromatic N) is 2. The molecule has 0 aliphatic heterocycles. The molecule has 0 atom stereocenters. The predicted octanol–water partition coefficient (Wildman–Crippen LogP) is 2.70. The third kappa shape index (κ3) is 7.54. The lowest BCUT2D eigenvalue weighted by Crippen LogP contribution is -2.40. The van der Waals surface area contributed by atoms with Crippen molar-refractivity contribution in [3.05, 3.63) is 96.1 Å². The molecule has 0 aliphatic carbocycles. The van der Waals surface area contributed by atoms with E-state index in [1.54, 1.807) is 24.5 Å². The first-order chi connectivity index (χ1) is 15.1. The van der Waals surface area contributed by atoms with Gasteiger partial charge >= 0.3 is 0 Å². The molecule has 3 aromatic rings. The van der Waals surface area contributed by atoms with Crippen LogP contribution in [0.25, 0.3) is 0 Å². The molecule has 0 bridgehead atoms. The van der Waals surface area contributed by atoms with Gasteiger partial charge in [-0.2, -0.15) is 0 Å². The summed E-state index contributed by atoms with van der Waals surface area (Å²) in [6.07, 6.45) is 3.59. The van der Waals surface area contributed by atoms with Gasteiger partial charge < -0.3 is 15.5 Å². The van der Waals surface area contributed by atoms with Gasteiger partial charge in [0.1, 0.15) is 5.82 Å². The minimum absolute atomic E-state index is 0.0958. The summed E-state index contributed by atoms with van der Waals surface area (Å²) in [5, 5.41) is 5.56. The van der Waals surface area contributed by atoms with Crippen LogP contribution in [0.1, 0.15) is 11.1 Å². The largest absolute Gasteiger partial charge is 0.358 e. The standard InChI is InChI=1S/C24H25FN4O2/c25-21-8-4-6-19(14-21)15-23(30)27-12-13-28-24(31)18-29(22-9-2-1-3-10-22)17-20-7-5-11-26-16-20/h1-11,14,16H,12-13,15,17-18H2,(H,27,30)(H,28,31). The van der Waals surface area contributed by atoms with Crippen molar-refractivity contribution < 1.29 is 14.0 Å². The van der Waals surface area contributed by atoms with Crippen molar-refractivity contribution in [2.75, 3.05) is 24.5 Å². The minimum Gasteiger partial charge on any atom is -0.358 e. The van der Waals surface area contributed by atoms with E-state index in [2.05, 4.69) is 15.6 Å². The lowest BCUT2D eigenvalue weighted by atomic mass is 10.1. The van der Waals surface area contributed by atoms with E-state index in [1.807, 2.05) is 47.4 Å². The molecule has 7 heteroatoms. The molecule has 160 valence electrons. The molecule has 2 amide bonds. The first-order valence-electron chi connectivity index (χ1n) is 10.1. The molecule has 0 fully saturated rings. The summed E-state index contributed by atoms with van der Waals surface area (Å²) in [6, 6.07) is 19.5. The van der Waals surface area contributed by atoms with Gasteiger partial charge in [0.05, 0.1) is 13.0 Å². The number of benzene rings is 2. The quantitative estimate of drug-likeness (QED) is 0.495. The molecule has 31 heavy (non-hydrogen) atoms. The smallest absolute Gasteiger partial charge is 0.239 e. The molecule has 0 spiro atoms. The molecule has 3 rings (SSSR count). The van der Waals surface area contributed by atoms with Gasteiger partial charge in [-0.25, -0.2) is 4.39 Å². The van der Waals surface area contributed by atoms with Crippen LogP contribution < -0.4 is 15.5 Å². The number of hydrogen-bond acceptors (Lipinski definition) is 4. The van der Waals surface area contributed by atoms with Crippen LogP contribution in [0.15, 0.2) is 79.1 Å². The number of nitrogens with one attached hydrogen (secondary N) is 2. The van der Waals surface area contributed by atoms with E-state index in [-0.39, 0.29) is 30.6 Å². The van der Waals surface area contributed by atoms with E-state index < -0.39 is 0 Å². The number of pyridine rings is 1. The summed E-state index contributed by atoms with van der Waals surface area (Å²) >= 11 is 0. The maximum Gasteiger partial charge on any atom is 0.239 e. The number of amides is 2. The van der Waals surface area contributed by atoms with E-state index >= 15 is 0 Å². The van der Waals surface area contributed by atoms with Crippen molar-refractivity contribution in [2.45, 2.75) is 13.0 Å². The van der Waals surface area contributed by atoms with Crippen molar-refractivity contribution in [1.29, 1.82) is 0 Å². The third-order valence-electron chi connectivity index (χ3n) is 4.58. The normalized spacial score (nSPS) is 10.4. The van der Waals surface area contributed by atoms with Gasteiger partial charge in [-0.05, 0) is 41.5 Å². The average Bonchev–Trinajstić information content (AvgIpc) is 2.78. The van der Waals surface area contributed by atoms with Crippen molar-refractivity contribution in [3.63, 3.8) is 0 Å². The zero-order chi connectivity index (χ0) is 21.9. The second-order valence-electron chi connectivity index (χ2n) is 7.06. The van der Waals surface area contributed by atoms with E-state index in [1.165, 1.54) is 12.1 Å². The summed E-state index contributed by atoms with van der Waals surface area (Å²) in [7, 11) is 0. The molecular formula is C24H25FN4O2. The van der Waals surface area contributed by atoms with E-state index in [9.17, 15) is 14.0 Å². The third-order valence-corrected chi connectivity index (χ3v) is 4.58. The maximum absolute atomic E-state index is 13.2. The first kappa shape index (κ1) is 22.0. The molecule has 0 saturated carbocycles. The molecular weight excluding hydrogens is 395 g/mol. The van der Waals surface area contributed by atoms with E-state index in [0.717, 1.165) is 11.3 Å². The molecule has 0 radical (unpaired) electrons. The second-order valence-corrected chi connectivity index (χ2v) is 7.06. The zero-order valence-corrected chi connectivity index (χ0v) is 17.1. The molecule has 1 aromatic heterocycles. The van der Waals surface area contributed by atoms with E-state index in [4.69, 9.17) is 0 Å². The van der Waals surface area contributed by atoms with Crippen LogP contribution in [0.4, 0.5) is 10.1 Å². The summed E-state index contributed by atoms with van der Waals surface area (Å²) in [4.78, 5) is 30.5. The predicted molar refractivity (Wildman–Crippen MR) is 118 cm³/mol. The Labute approximate surface area is 181 Å². The second kappa shape index (κ2) is 11.4. The van der Waals surface area contributed by atoms with Gasteiger partial charge in [0.15, 0.2) is 0 Å². The fourth-order valence-corrected chi connectivity index (χ4v) is 3.12. The van der Waals surface area contributed by atoms with Crippen LogP contribution in [0.5, 0.6) is 0 Å². The summed E-state index contributed by atoms with van der Waals surface area (Å²) in [6.45, 7) is 1.34. The number of rotatable bonds is 10. The van der Waals surface area contributed by atoms with Crippen LogP contribution in [0.3, 0.4) is 0 Å². The van der Waals surface area contributed by atoms with Crippen LogP contribution in [0, 0.1) is 5.82 Å². The monoisotopic (exact) mass is 420 g/mol. The van der Waals surface area contributed by atoms with Gasteiger partial charge in [0.25, 0.3) is 0 Å². The number of aromatic nitrogens is 1. The average molecular weight is 420 g/mol. The zero-order valence-electron chi connectivity index (χ0n) is 17.1. The van der Waals surface area contributed by atoms with Crippen LogP contribution in [0.2, 0.25) is 0 Å². The molecule has 0 saturated heterocycles. The van der Waals surface area contributed by atoms with Crippen LogP contribution in [-0.2, 0) is 22.6 Å². The van der Waals surface area contributed by atoms with E-state index in [0.29, 0.717) is 25.2 Å². The Bertz CT molecular complexity index is 983. The summed E-state index contributed by atoms with van der Waals surface area (Å²) in [5.41, 5.74) is 2.55. The maximum atomic E-state index is 13.2. The fourth-order valence-electron chi connectivity index (χ4n) is 3.12. The molecule has 6 nitrogen and oxygen atoms in total. The first-order valence-corrected chi connectivity index (χ1v) is 10.1. The molecule has 2 N–H and O–H groups in total. The number of carbonyl (C=O) groups excluding carboxylic acids is 2. The van der Waals surface area contributed by atoms with Gasteiger partial charge in [-0.15, -0.1) is 0 Å². The van der Waals surface area contributed by atoms with Gasteiger partial charge in [-0.1, -0.05) is 36.4 Å². The molecule has 1 heterocycles. The highest BCUT2D eigenvalue weighted by atomic mass is 19.1. The Kier molecular flexibility index (Phi) is 8.11. The number of anilines is 1. The summed E-state index contributed by atoms with van der Waals surface area (Å²) in [5.74, 6) is -0.735. The highest BCUT2D eigenvalue weighted by molar-refractivity contribution is 5.81. The highest BCUT2D eigenvalue weighted by Crippen LogP contribution is 2.16. The minimum atomic E-state index is -0.369. The lowest BCUT2D eigenvalue weighted by Gasteiger charge is -2.24. The molecule has 0 unspecified atom stereocenters.